The van der Waals surface area contributed by atoms with Gasteiger partial charge in [-0.2, -0.15) is 0 Å². The van der Waals surface area contributed by atoms with Crippen LogP contribution in [0.15, 0.2) is 0 Å². The van der Waals surface area contributed by atoms with E-state index in [0.29, 0.717) is 0 Å². The molecule has 0 aromatic carbocycles. The van der Waals surface area contributed by atoms with Gasteiger partial charge in [0.15, 0.2) is 37.7 Å². The summed E-state index contributed by atoms with van der Waals surface area (Å²) in [5.41, 5.74) is 0. The van der Waals surface area contributed by atoms with Gasteiger partial charge in [-0.05, 0) is 6.92 Å². The summed E-state index contributed by atoms with van der Waals surface area (Å²) in [6, 6.07) is -4.94. The van der Waals surface area contributed by atoms with Crippen molar-refractivity contribution >= 4 is 24.2 Å². The van der Waals surface area contributed by atoms with Gasteiger partial charge in [0, 0.05) is 26.7 Å². The number of aliphatic hydroxyl groups excluding tert-OH is 22. The van der Waals surface area contributed by atoms with Crippen molar-refractivity contribution in [3.8, 4) is 0 Å². The van der Waals surface area contributed by atoms with E-state index in [0.717, 1.165) is 20.8 Å². The molecule has 0 radical (unpaired) electrons. The van der Waals surface area contributed by atoms with E-state index in [4.69, 9.17) is 75.8 Å². The Kier molecular flexibility index (Phi) is 30.9. The predicted molar refractivity (Wildman–Crippen MR) is 323 cm³/mol. The molecule has 45 nitrogen and oxygen atoms in total. The number of amides is 3. The van der Waals surface area contributed by atoms with Gasteiger partial charge in [0.1, 0.15) is 177 Å². The third-order valence-corrected chi connectivity index (χ3v) is 19.3. The molecule has 3 amide bonds. The van der Waals surface area contributed by atoms with Crippen molar-refractivity contribution in [1.82, 2.24) is 16.0 Å². The number of rotatable bonds is 29. The van der Waals surface area contributed by atoms with E-state index in [-0.39, 0.29) is 6.47 Å². The van der Waals surface area contributed by atoms with E-state index in [9.17, 15) is 132 Å². The average Bonchev–Trinajstić information content (AvgIpc) is 0.772. The Morgan fingerprint density at radius 1 is 0.433 bits per heavy atom. The topological polar surface area (TPSA) is 697 Å². The lowest BCUT2D eigenvalue weighted by atomic mass is 9.87. The van der Waals surface area contributed by atoms with E-state index in [1.165, 1.54) is 13.8 Å². The summed E-state index contributed by atoms with van der Waals surface area (Å²) in [7, 11) is 0. The zero-order chi connectivity index (χ0) is 76.8. The normalized spacial score (nSPS) is 47.9. The first-order valence-corrected chi connectivity index (χ1v) is 33.4. The summed E-state index contributed by atoms with van der Waals surface area (Å²) in [4.78, 5) is 49.8. The van der Waals surface area contributed by atoms with Gasteiger partial charge in [0.25, 0.3) is 6.47 Å². The summed E-state index contributed by atoms with van der Waals surface area (Å²) in [6.07, 6.45) is -71.9. The summed E-state index contributed by atoms with van der Waals surface area (Å²) in [6.45, 7) is -2.40. The van der Waals surface area contributed by atoms with Gasteiger partial charge in [-0.1, -0.05) is 6.92 Å². The molecule has 8 aliphatic rings. The molecule has 104 heavy (non-hydrogen) atoms. The third-order valence-electron chi connectivity index (χ3n) is 19.3. The van der Waals surface area contributed by atoms with Gasteiger partial charge in [-0.15, -0.1) is 0 Å². The van der Waals surface area contributed by atoms with Crippen LogP contribution in [0.2, 0.25) is 0 Å². The highest BCUT2D eigenvalue weighted by molar-refractivity contribution is 5.74. The Morgan fingerprint density at radius 3 is 1.32 bits per heavy atom. The molecule has 25 N–H and O–H groups in total. The fraction of sp³-hybridized carbons (Fsp3) is 0.932. The zero-order valence-corrected chi connectivity index (χ0v) is 56.5. The first-order chi connectivity index (χ1) is 49.1. The van der Waals surface area contributed by atoms with Gasteiger partial charge in [-0.25, -0.2) is 0 Å². The van der Waals surface area contributed by atoms with Crippen LogP contribution in [0.1, 0.15) is 41.0 Å². The number of hydrogen-bond acceptors (Lipinski definition) is 42. The second-order valence-corrected chi connectivity index (χ2v) is 26.6. The quantitative estimate of drug-likeness (QED) is 0.0244. The van der Waals surface area contributed by atoms with Gasteiger partial charge in [0.05, 0.1) is 83.6 Å². The van der Waals surface area contributed by atoms with Crippen LogP contribution in [0.4, 0.5) is 0 Å². The molecule has 602 valence electrons. The Morgan fingerprint density at radius 2 is 0.827 bits per heavy atom. The van der Waals surface area contributed by atoms with Crippen molar-refractivity contribution in [2.45, 2.75) is 286 Å². The van der Waals surface area contributed by atoms with Crippen LogP contribution in [-0.2, 0) is 95.0 Å². The summed E-state index contributed by atoms with van der Waals surface area (Å²) < 4.78 is 93.8. The number of carbonyl (C=O) groups excluding carboxylic acids is 4. The monoisotopic (exact) mass is 1520 g/mol. The van der Waals surface area contributed by atoms with Crippen molar-refractivity contribution in [3.05, 3.63) is 0 Å². The molecule has 8 saturated heterocycles. The zero-order valence-electron chi connectivity index (χ0n) is 56.5. The molecule has 18 unspecified atom stereocenters. The van der Waals surface area contributed by atoms with Crippen LogP contribution in [-0.4, -0.2) is 434 Å². The number of ether oxygens (including phenoxy) is 16. The standard InChI is InChI=1S/C59H99N3O42/c1-16-21(73)6-59(91-15-69,104-47(16)33(75)22(74)7-63)90-14-29-36(78)42(84)45(87)56(98-29)100-49-26(11-67)96-54(32(40(49)82)62-20(5)72)103-52-43(85)35(77)24(9-65)94-58(52)102-51-37(79)28(13-89-55-44(86)41(83)34(76)23(8-64)93-55)97-57(46(51)88)101-50-27(12-68)95-53(31(39(50)81)61-19(4)71)99-48-25(10-66)92-17(2)30(38(48)80)60-18(3)70/h15-17,21-58,63-68,73-88H,6-14H2,1-5H3,(H,60,70)(H,61,71)(H,62,72)/t16-,17+,21-,22?,23?,24?,25?,26?,27?,28?,29?,30?,31?,32?,33?,34-,35-,36+,37-,38-,39-,40-,41+,42+,43?,44?,45?,46?,47?,48-,49-,50-,51+,52?,53+,54+,55+,56+,57+,58-,59+/m1/s1. The second-order valence-electron chi connectivity index (χ2n) is 26.6. The minimum atomic E-state index is -2.63. The lowest BCUT2D eigenvalue weighted by molar-refractivity contribution is -0.424. The molecule has 8 rings (SSSR count). The van der Waals surface area contributed by atoms with Gasteiger partial charge in [-0.3, -0.25) is 19.2 Å². The van der Waals surface area contributed by atoms with Crippen molar-refractivity contribution in [1.29, 1.82) is 0 Å². The number of carbonyl (C=O) groups is 4. The maximum absolute atomic E-state index is 13.0. The van der Waals surface area contributed by atoms with Gasteiger partial charge in [0.2, 0.25) is 17.7 Å². The molecule has 0 spiro atoms. The van der Waals surface area contributed by atoms with Crippen LogP contribution in [0, 0.1) is 5.92 Å². The molecule has 0 aromatic heterocycles. The van der Waals surface area contributed by atoms with Crippen LogP contribution < -0.4 is 16.0 Å². The SMILES string of the molecule is CC(=O)NC1[C@H](OC2C(O)[C@H](O)C(CO)O[C@@H]2O[C@@H]2C(O)[C@H](O[C@@H]3C(CO)O[C@@H](O[C@@H]4C(CO)O[C@@H](C)C(NC(C)=O)[C@H]4O)C(NC(C)=O)[C@H]3O)OC(CO[C@H]3OC(CO)[C@@H](O)[C@H](O)C3O)[C@H]2O)OC(CO)[C@@H](O[C@@H]2OC(CO[C@]3(OC=O)C[C@@H](O)[C@@H](C)C(C(O)C(O)CO)O3)[C@H](O)[C@H](O)C2O)[C@@H]1O. The number of nitrogens with one attached hydrogen (secondary N) is 3. The largest absolute Gasteiger partial charge is 0.410 e. The Hall–Kier alpha value is -3.60. The average molecular weight is 1520 g/mol. The van der Waals surface area contributed by atoms with E-state index in [1.807, 2.05) is 0 Å². The highest BCUT2D eigenvalue weighted by Crippen LogP contribution is 2.41. The highest BCUT2D eigenvalue weighted by atomic mass is 16.9. The molecule has 45 heteroatoms. The Bertz CT molecular complexity index is 2710. The molecule has 0 aliphatic carbocycles. The molecule has 8 heterocycles. The summed E-state index contributed by atoms with van der Waals surface area (Å²) in [5, 5.41) is 250. The molecular weight excluding hydrogens is 1420 g/mol. The van der Waals surface area contributed by atoms with E-state index in [2.05, 4.69) is 16.0 Å². The molecule has 8 aliphatic heterocycles. The lowest BCUT2D eigenvalue weighted by Crippen LogP contribution is -2.71. The number of aliphatic hydroxyl groups is 22. The van der Waals surface area contributed by atoms with E-state index in [1.54, 1.807) is 0 Å². The highest BCUT2D eigenvalue weighted by Gasteiger charge is 2.60. The number of hydrogen-bond donors (Lipinski definition) is 25. The first kappa shape index (κ1) is 86.0. The fourth-order valence-electron chi connectivity index (χ4n) is 13.5. The molecule has 8 fully saturated rings. The maximum Gasteiger partial charge on any atom is 0.332 e. The molecular formula is C59H99N3O42. The molecule has 41 atom stereocenters. The van der Waals surface area contributed by atoms with Gasteiger partial charge >= 0.3 is 5.97 Å². The third kappa shape index (κ3) is 19.0. The van der Waals surface area contributed by atoms with E-state index < -0.39 is 328 Å². The smallest absolute Gasteiger partial charge is 0.332 e. The summed E-state index contributed by atoms with van der Waals surface area (Å²) in [5.74, 6) is -6.07. The molecule has 0 saturated carbocycles. The fourth-order valence-corrected chi connectivity index (χ4v) is 13.5. The predicted octanol–water partition coefficient (Wildman–Crippen LogP) is -16.4. The Balaban J connectivity index is 1.06. The summed E-state index contributed by atoms with van der Waals surface area (Å²) >= 11 is 0. The van der Waals surface area contributed by atoms with Gasteiger partial charge < -0.3 is 204 Å². The van der Waals surface area contributed by atoms with Crippen molar-refractivity contribution in [2.24, 2.45) is 5.92 Å². The van der Waals surface area contributed by atoms with Crippen LogP contribution in [0.3, 0.4) is 0 Å². The maximum atomic E-state index is 13.0. The molecule has 0 bridgehead atoms. The van der Waals surface area contributed by atoms with Crippen molar-refractivity contribution < 1.29 is 207 Å². The van der Waals surface area contributed by atoms with Crippen LogP contribution in [0.25, 0.3) is 0 Å². The first-order valence-electron chi connectivity index (χ1n) is 33.4. The minimum absolute atomic E-state index is 0.175. The van der Waals surface area contributed by atoms with Crippen LogP contribution in [0.5, 0.6) is 0 Å². The van der Waals surface area contributed by atoms with Crippen LogP contribution >= 0.6 is 0 Å². The van der Waals surface area contributed by atoms with E-state index >= 15 is 0 Å². The molecule has 0 aromatic rings. The Labute approximate surface area is 590 Å². The lowest BCUT2D eigenvalue weighted by Gasteiger charge is -2.51. The van der Waals surface area contributed by atoms with Crippen molar-refractivity contribution in [3.63, 3.8) is 0 Å². The minimum Gasteiger partial charge on any atom is -0.410 e. The second kappa shape index (κ2) is 37.4. The van der Waals surface area contributed by atoms with Crippen molar-refractivity contribution in [2.75, 3.05) is 52.9 Å².